The standard InChI is InChI=1S/C25H24ClN5O2/c26-19-7-9-20(10-8-19)31-25(32)24(23(16-30-31)29-14-13-27)33-21-11-5-17(6-12-21)22-4-2-1-3-18(22)15-28/h1-12,16,29H,13-15,27-28H2. The molecule has 1 heterocycles. The van der Waals surface area contributed by atoms with Crippen LogP contribution < -0.4 is 27.1 Å². The normalized spacial score (nSPS) is 10.8. The van der Waals surface area contributed by atoms with Crippen LogP contribution in [-0.2, 0) is 6.54 Å². The summed E-state index contributed by atoms with van der Waals surface area (Å²) in [5, 5.41) is 7.95. The van der Waals surface area contributed by atoms with Crippen LogP contribution >= 0.6 is 11.6 Å². The fraction of sp³-hybridized carbons (Fsp3) is 0.120. The van der Waals surface area contributed by atoms with Gasteiger partial charge in [-0.2, -0.15) is 9.78 Å². The van der Waals surface area contributed by atoms with E-state index in [1.165, 1.54) is 4.68 Å². The van der Waals surface area contributed by atoms with Gasteiger partial charge in [0.15, 0.2) is 0 Å². The van der Waals surface area contributed by atoms with Crippen LogP contribution in [0.5, 0.6) is 11.5 Å². The SMILES string of the molecule is NCCNc1cnn(-c2ccc(Cl)cc2)c(=O)c1Oc1ccc(-c2ccccc2CN)cc1. The van der Waals surface area contributed by atoms with Crippen molar-refractivity contribution in [2.75, 3.05) is 18.4 Å². The molecule has 0 radical (unpaired) electrons. The molecule has 168 valence electrons. The second kappa shape index (κ2) is 10.3. The zero-order valence-electron chi connectivity index (χ0n) is 17.9. The van der Waals surface area contributed by atoms with Gasteiger partial charge in [0.25, 0.3) is 0 Å². The third-order valence-corrected chi connectivity index (χ3v) is 5.34. The summed E-state index contributed by atoms with van der Waals surface area (Å²) in [6, 6.07) is 22.3. The Labute approximate surface area is 196 Å². The summed E-state index contributed by atoms with van der Waals surface area (Å²) in [6.07, 6.45) is 1.55. The number of rotatable bonds is 8. The third-order valence-electron chi connectivity index (χ3n) is 5.09. The highest BCUT2D eigenvalue weighted by atomic mass is 35.5. The molecule has 33 heavy (non-hydrogen) atoms. The van der Waals surface area contributed by atoms with E-state index in [9.17, 15) is 4.79 Å². The number of aromatic nitrogens is 2. The van der Waals surface area contributed by atoms with Gasteiger partial charge in [0.05, 0.1) is 11.9 Å². The van der Waals surface area contributed by atoms with Gasteiger partial charge in [-0.1, -0.05) is 48.0 Å². The second-order valence-electron chi connectivity index (χ2n) is 7.28. The van der Waals surface area contributed by atoms with Gasteiger partial charge in [-0.05, 0) is 53.1 Å². The van der Waals surface area contributed by atoms with E-state index in [1.54, 1.807) is 30.5 Å². The van der Waals surface area contributed by atoms with E-state index in [0.717, 1.165) is 16.7 Å². The monoisotopic (exact) mass is 461 g/mol. The van der Waals surface area contributed by atoms with Crippen molar-refractivity contribution in [2.24, 2.45) is 11.5 Å². The number of benzene rings is 3. The Kier molecular flexibility index (Phi) is 7.04. The van der Waals surface area contributed by atoms with Gasteiger partial charge in [0.2, 0.25) is 5.75 Å². The van der Waals surface area contributed by atoms with Crippen LogP contribution in [-0.4, -0.2) is 22.9 Å². The maximum atomic E-state index is 13.3. The number of nitrogens with one attached hydrogen (secondary N) is 1. The molecule has 5 N–H and O–H groups in total. The fourth-order valence-electron chi connectivity index (χ4n) is 3.44. The molecular formula is C25H24ClN5O2. The van der Waals surface area contributed by atoms with Crippen LogP contribution in [0.25, 0.3) is 16.8 Å². The Morgan fingerprint density at radius 2 is 1.70 bits per heavy atom. The molecule has 8 heteroatoms. The first-order valence-electron chi connectivity index (χ1n) is 10.5. The maximum absolute atomic E-state index is 13.3. The highest BCUT2D eigenvalue weighted by Gasteiger charge is 2.15. The number of hydrogen-bond acceptors (Lipinski definition) is 6. The predicted molar refractivity (Wildman–Crippen MR) is 132 cm³/mol. The van der Waals surface area contributed by atoms with Crippen molar-refractivity contribution in [3.8, 4) is 28.3 Å². The van der Waals surface area contributed by atoms with Crippen molar-refractivity contribution in [2.45, 2.75) is 6.54 Å². The minimum atomic E-state index is -0.406. The third kappa shape index (κ3) is 5.06. The van der Waals surface area contributed by atoms with Gasteiger partial charge < -0.3 is 21.5 Å². The van der Waals surface area contributed by atoms with Gasteiger partial charge in [0.1, 0.15) is 11.4 Å². The summed E-state index contributed by atoms with van der Waals surface area (Å²) in [6.45, 7) is 1.32. The fourth-order valence-corrected chi connectivity index (χ4v) is 3.56. The lowest BCUT2D eigenvalue weighted by atomic mass is 10.00. The molecule has 0 saturated carbocycles. The number of nitrogens with two attached hydrogens (primary N) is 2. The van der Waals surface area contributed by atoms with E-state index in [4.69, 9.17) is 27.8 Å². The van der Waals surface area contributed by atoms with Crippen LogP contribution in [0.1, 0.15) is 5.56 Å². The average Bonchev–Trinajstić information content (AvgIpc) is 2.85. The van der Waals surface area contributed by atoms with Gasteiger partial charge in [0, 0.05) is 24.7 Å². The van der Waals surface area contributed by atoms with Gasteiger partial charge in [-0.15, -0.1) is 0 Å². The van der Waals surface area contributed by atoms with E-state index in [-0.39, 0.29) is 5.75 Å². The molecule has 0 spiro atoms. The molecule has 0 bridgehead atoms. The van der Waals surface area contributed by atoms with Crippen LogP contribution in [0.2, 0.25) is 5.02 Å². The number of nitrogens with zero attached hydrogens (tertiary/aromatic N) is 2. The van der Waals surface area contributed by atoms with E-state index < -0.39 is 5.56 Å². The average molecular weight is 462 g/mol. The van der Waals surface area contributed by atoms with E-state index >= 15 is 0 Å². The maximum Gasteiger partial charge on any atom is 0.316 e. The summed E-state index contributed by atoms with van der Waals surface area (Å²) in [5.41, 5.74) is 15.3. The van der Waals surface area contributed by atoms with Gasteiger partial charge in [-0.3, -0.25) is 4.79 Å². The zero-order chi connectivity index (χ0) is 23.2. The molecule has 1 aromatic heterocycles. The lowest BCUT2D eigenvalue weighted by molar-refractivity contribution is 0.470. The van der Waals surface area contributed by atoms with Crippen LogP contribution in [0.4, 0.5) is 5.69 Å². The lowest BCUT2D eigenvalue weighted by Gasteiger charge is -2.14. The van der Waals surface area contributed by atoms with Gasteiger partial charge in [-0.25, -0.2) is 0 Å². The zero-order valence-corrected chi connectivity index (χ0v) is 18.6. The quantitative estimate of drug-likeness (QED) is 0.363. The molecule has 7 nitrogen and oxygen atoms in total. The molecule has 0 atom stereocenters. The van der Waals surface area contributed by atoms with Crippen LogP contribution in [0.15, 0.2) is 83.8 Å². The first kappa shape index (κ1) is 22.5. The largest absolute Gasteiger partial charge is 0.449 e. The Hall–Kier alpha value is -3.65. The summed E-state index contributed by atoms with van der Waals surface area (Å²) >= 11 is 5.97. The molecular weight excluding hydrogens is 438 g/mol. The van der Waals surface area contributed by atoms with Crippen LogP contribution in [0.3, 0.4) is 0 Å². The van der Waals surface area contributed by atoms with Crippen molar-refractivity contribution >= 4 is 17.3 Å². The number of anilines is 1. The van der Waals surface area contributed by atoms with E-state index in [0.29, 0.717) is 41.8 Å². The van der Waals surface area contributed by atoms with Crippen LogP contribution in [0, 0.1) is 0 Å². The van der Waals surface area contributed by atoms with Crippen molar-refractivity contribution in [3.05, 3.63) is 99.9 Å². The molecule has 3 aromatic carbocycles. The van der Waals surface area contributed by atoms with Gasteiger partial charge >= 0.3 is 5.56 Å². The first-order chi connectivity index (χ1) is 16.1. The predicted octanol–water partition coefficient (Wildman–Crippen LogP) is 4.17. The van der Waals surface area contributed by atoms with Crippen molar-refractivity contribution < 1.29 is 4.74 Å². The molecule has 0 aliphatic heterocycles. The van der Waals surface area contributed by atoms with Crippen molar-refractivity contribution in [1.82, 2.24) is 9.78 Å². The Balaban J connectivity index is 1.69. The first-order valence-corrected chi connectivity index (χ1v) is 10.9. The molecule has 0 fully saturated rings. The molecule has 0 aliphatic carbocycles. The number of ether oxygens (including phenoxy) is 1. The Bertz CT molecular complexity index is 1290. The summed E-state index contributed by atoms with van der Waals surface area (Å²) in [7, 11) is 0. The van der Waals surface area contributed by atoms with Crippen molar-refractivity contribution in [1.29, 1.82) is 0 Å². The molecule has 0 amide bonds. The minimum absolute atomic E-state index is 0.128. The summed E-state index contributed by atoms with van der Waals surface area (Å²) in [4.78, 5) is 13.3. The molecule has 0 aliphatic rings. The number of halogens is 1. The molecule has 0 saturated heterocycles. The highest BCUT2D eigenvalue weighted by molar-refractivity contribution is 6.30. The molecule has 0 unspecified atom stereocenters. The lowest BCUT2D eigenvalue weighted by Crippen LogP contribution is -2.24. The molecule has 4 rings (SSSR count). The van der Waals surface area contributed by atoms with E-state index in [1.807, 2.05) is 48.5 Å². The minimum Gasteiger partial charge on any atom is -0.449 e. The smallest absolute Gasteiger partial charge is 0.316 e. The topological polar surface area (TPSA) is 108 Å². The summed E-state index contributed by atoms with van der Waals surface area (Å²) in [5.74, 6) is 0.647. The Morgan fingerprint density at radius 1 is 0.970 bits per heavy atom. The molecule has 4 aromatic rings. The highest BCUT2D eigenvalue weighted by Crippen LogP contribution is 2.29. The van der Waals surface area contributed by atoms with E-state index in [2.05, 4.69) is 10.4 Å². The number of hydrogen-bond donors (Lipinski definition) is 3. The van der Waals surface area contributed by atoms with Crippen molar-refractivity contribution in [3.63, 3.8) is 0 Å². The summed E-state index contributed by atoms with van der Waals surface area (Å²) < 4.78 is 7.31. The Morgan fingerprint density at radius 3 is 2.39 bits per heavy atom. The second-order valence-corrected chi connectivity index (χ2v) is 7.72.